The van der Waals surface area contributed by atoms with E-state index in [2.05, 4.69) is 21.8 Å². The van der Waals surface area contributed by atoms with Crippen molar-refractivity contribution in [3.05, 3.63) is 6.20 Å². The topological polar surface area (TPSA) is 101 Å². The van der Waals surface area contributed by atoms with Crippen LogP contribution in [0, 0.1) is 0 Å². The molecular formula is C11H22N4O2S. The number of nitrogens with zero attached hydrogens (tertiary/aromatic N) is 1. The number of nitrogen functional groups attached to an aromatic ring is 1. The highest BCUT2D eigenvalue weighted by Crippen LogP contribution is 2.15. The van der Waals surface area contributed by atoms with Gasteiger partial charge in [-0.15, -0.1) is 0 Å². The van der Waals surface area contributed by atoms with E-state index >= 15 is 0 Å². The number of aromatic amines is 1. The number of rotatable bonds is 8. The monoisotopic (exact) mass is 274 g/mol. The zero-order valence-corrected chi connectivity index (χ0v) is 11.8. The van der Waals surface area contributed by atoms with Gasteiger partial charge in [-0.1, -0.05) is 32.6 Å². The van der Waals surface area contributed by atoms with Crippen LogP contribution in [-0.2, 0) is 10.0 Å². The molecule has 0 fully saturated rings. The summed E-state index contributed by atoms with van der Waals surface area (Å²) in [6, 6.07) is -0.0962. The van der Waals surface area contributed by atoms with Crippen LogP contribution < -0.4 is 10.5 Å². The van der Waals surface area contributed by atoms with Crippen molar-refractivity contribution in [3.63, 3.8) is 0 Å². The quantitative estimate of drug-likeness (QED) is 0.627. The number of aromatic nitrogens is 2. The summed E-state index contributed by atoms with van der Waals surface area (Å²) in [6.07, 6.45) is 6.58. The number of hydrogen-bond donors (Lipinski definition) is 3. The van der Waals surface area contributed by atoms with Crippen molar-refractivity contribution in [2.45, 2.75) is 56.9 Å². The van der Waals surface area contributed by atoms with Crippen molar-refractivity contribution in [2.24, 2.45) is 0 Å². The molecule has 0 radical (unpaired) electrons. The van der Waals surface area contributed by atoms with E-state index in [-0.39, 0.29) is 16.8 Å². The van der Waals surface area contributed by atoms with Gasteiger partial charge in [0.15, 0.2) is 0 Å². The van der Waals surface area contributed by atoms with E-state index in [1.807, 2.05) is 6.92 Å². The summed E-state index contributed by atoms with van der Waals surface area (Å²) in [6.45, 7) is 4.01. The Morgan fingerprint density at radius 2 is 2.17 bits per heavy atom. The lowest BCUT2D eigenvalue weighted by Crippen LogP contribution is -2.32. The standard InChI is InChI=1S/C11H22N4O2S/c1-3-4-5-6-7-9(2)15-18(16,17)10-8-13-14-11(10)12/h8-9,15H,3-7H2,1-2H3,(H3,12,13,14). The lowest BCUT2D eigenvalue weighted by atomic mass is 10.1. The van der Waals surface area contributed by atoms with Gasteiger partial charge in [-0.3, -0.25) is 5.10 Å². The molecule has 104 valence electrons. The summed E-state index contributed by atoms with van der Waals surface area (Å²) < 4.78 is 26.5. The average molecular weight is 274 g/mol. The van der Waals surface area contributed by atoms with Crippen LogP contribution in [0.15, 0.2) is 11.1 Å². The molecule has 7 heteroatoms. The minimum Gasteiger partial charge on any atom is -0.383 e. The minimum atomic E-state index is -3.56. The second-order valence-corrected chi connectivity index (χ2v) is 6.20. The van der Waals surface area contributed by atoms with Gasteiger partial charge in [0, 0.05) is 6.04 Å². The molecule has 1 unspecified atom stereocenters. The van der Waals surface area contributed by atoms with Crippen molar-refractivity contribution in [1.82, 2.24) is 14.9 Å². The molecule has 0 aromatic carbocycles. The fourth-order valence-corrected chi connectivity index (χ4v) is 3.06. The number of unbranched alkanes of at least 4 members (excludes halogenated alkanes) is 3. The summed E-state index contributed by atoms with van der Waals surface area (Å²) >= 11 is 0. The molecule has 6 nitrogen and oxygen atoms in total. The number of nitrogens with one attached hydrogen (secondary N) is 2. The normalized spacial score (nSPS) is 13.7. The highest BCUT2D eigenvalue weighted by atomic mass is 32.2. The van der Waals surface area contributed by atoms with Crippen LogP contribution in [0.1, 0.15) is 46.0 Å². The van der Waals surface area contributed by atoms with Gasteiger partial charge in [0.25, 0.3) is 0 Å². The third-order valence-electron chi connectivity index (χ3n) is 2.77. The number of sulfonamides is 1. The van der Waals surface area contributed by atoms with Gasteiger partial charge < -0.3 is 5.73 Å². The van der Waals surface area contributed by atoms with E-state index < -0.39 is 10.0 Å². The maximum atomic E-state index is 12.0. The van der Waals surface area contributed by atoms with Gasteiger partial charge in [-0.2, -0.15) is 5.10 Å². The predicted octanol–water partition coefficient (Wildman–Crippen LogP) is 1.63. The molecule has 1 atom stereocenters. The van der Waals surface area contributed by atoms with Crippen LogP contribution in [0.2, 0.25) is 0 Å². The molecule has 0 amide bonds. The molecule has 0 saturated heterocycles. The first-order valence-corrected chi connectivity index (χ1v) is 7.77. The zero-order chi connectivity index (χ0) is 13.6. The maximum Gasteiger partial charge on any atom is 0.246 e. The Bertz CT molecular complexity index is 455. The number of H-pyrrole nitrogens is 1. The molecule has 0 bridgehead atoms. The fourth-order valence-electron chi connectivity index (χ4n) is 1.76. The number of hydrogen-bond acceptors (Lipinski definition) is 4. The SMILES string of the molecule is CCCCCCC(C)NS(=O)(=O)c1cn[nH]c1N. The molecule has 0 spiro atoms. The third kappa shape index (κ3) is 4.30. The molecule has 1 aromatic heterocycles. The van der Waals surface area contributed by atoms with Gasteiger partial charge >= 0.3 is 0 Å². The van der Waals surface area contributed by atoms with E-state index in [1.165, 1.54) is 19.0 Å². The van der Waals surface area contributed by atoms with Gasteiger partial charge in [-0.05, 0) is 13.3 Å². The van der Waals surface area contributed by atoms with E-state index in [0.717, 1.165) is 19.3 Å². The van der Waals surface area contributed by atoms with Crippen molar-refractivity contribution in [1.29, 1.82) is 0 Å². The maximum absolute atomic E-state index is 12.0. The minimum absolute atomic E-state index is 0.0166. The molecule has 0 aliphatic rings. The highest BCUT2D eigenvalue weighted by molar-refractivity contribution is 7.89. The third-order valence-corrected chi connectivity index (χ3v) is 4.39. The largest absolute Gasteiger partial charge is 0.383 e. The first-order valence-electron chi connectivity index (χ1n) is 6.28. The van der Waals surface area contributed by atoms with Crippen LogP contribution in [-0.4, -0.2) is 24.7 Å². The predicted molar refractivity (Wildman–Crippen MR) is 71.5 cm³/mol. The van der Waals surface area contributed by atoms with Crippen molar-refractivity contribution in [2.75, 3.05) is 5.73 Å². The van der Waals surface area contributed by atoms with Crippen molar-refractivity contribution < 1.29 is 8.42 Å². The Morgan fingerprint density at radius 1 is 1.44 bits per heavy atom. The van der Waals surface area contributed by atoms with Crippen LogP contribution in [0.25, 0.3) is 0 Å². The summed E-state index contributed by atoms with van der Waals surface area (Å²) in [5.74, 6) is 0.0701. The Morgan fingerprint density at radius 3 is 2.72 bits per heavy atom. The number of nitrogens with two attached hydrogens (primary N) is 1. The molecule has 4 N–H and O–H groups in total. The van der Waals surface area contributed by atoms with Crippen LogP contribution in [0.3, 0.4) is 0 Å². The van der Waals surface area contributed by atoms with Gasteiger partial charge in [-0.25, -0.2) is 13.1 Å². The first-order chi connectivity index (χ1) is 8.47. The zero-order valence-electron chi connectivity index (χ0n) is 10.9. The molecule has 1 heterocycles. The van der Waals surface area contributed by atoms with E-state index in [0.29, 0.717) is 0 Å². The first kappa shape index (κ1) is 15.0. The van der Waals surface area contributed by atoms with Gasteiger partial charge in [0.1, 0.15) is 10.7 Å². The van der Waals surface area contributed by atoms with Crippen LogP contribution >= 0.6 is 0 Å². The van der Waals surface area contributed by atoms with Crippen molar-refractivity contribution in [3.8, 4) is 0 Å². The molecule has 18 heavy (non-hydrogen) atoms. The molecule has 0 aliphatic carbocycles. The summed E-state index contributed by atoms with van der Waals surface area (Å²) in [7, 11) is -3.56. The van der Waals surface area contributed by atoms with Gasteiger partial charge in [0.2, 0.25) is 10.0 Å². The Labute approximate surface area is 108 Å². The highest BCUT2D eigenvalue weighted by Gasteiger charge is 2.21. The lowest BCUT2D eigenvalue weighted by molar-refractivity contribution is 0.522. The number of anilines is 1. The average Bonchev–Trinajstić information content (AvgIpc) is 2.71. The van der Waals surface area contributed by atoms with E-state index in [1.54, 1.807) is 0 Å². The van der Waals surface area contributed by atoms with E-state index in [4.69, 9.17) is 5.73 Å². The summed E-state index contributed by atoms with van der Waals surface area (Å²) in [4.78, 5) is 0.0166. The summed E-state index contributed by atoms with van der Waals surface area (Å²) in [5.41, 5.74) is 5.50. The molecule has 1 aromatic rings. The van der Waals surface area contributed by atoms with Gasteiger partial charge in [0.05, 0.1) is 6.20 Å². The van der Waals surface area contributed by atoms with E-state index in [9.17, 15) is 8.42 Å². The Kier molecular flexibility index (Phi) is 5.61. The van der Waals surface area contributed by atoms with Crippen molar-refractivity contribution >= 4 is 15.8 Å². The van der Waals surface area contributed by atoms with Crippen LogP contribution in [0.4, 0.5) is 5.82 Å². The lowest BCUT2D eigenvalue weighted by Gasteiger charge is -2.13. The Hall–Kier alpha value is -1.08. The molecular weight excluding hydrogens is 252 g/mol. The molecule has 0 aliphatic heterocycles. The second kappa shape index (κ2) is 6.75. The Balaban J connectivity index is 2.48. The fraction of sp³-hybridized carbons (Fsp3) is 0.727. The van der Waals surface area contributed by atoms with Crippen LogP contribution in [0.5, 0.6) is 0 Å². The molecule has 0 saturated carbocycles. The summed E-state index contributed by atoms with van der Waals surface area (Å²) in [5, 5.41) is 6.03. The second-order valence-electron chi connectivity index (χ2n) is 4.52. The molecule has 1 rings (SSSR count). The smallest absolute Gasteiger partial charge is 0.246 e.